The number of aromatic nitrogens is 2. The largest absolute Gasteiger partial charge is 0.480 e. The summed E-state index contributed by atoms with van der Waals surface area (Å²) in [5.74, 6) is 0.696. The Morgan fingerprint density at radius 2 is 2.05 bits per heavy atom. The van der Waals surface area contributed by atoms with Crippen LogP contribution in [0.2, 0.25) is 0 Å². The first kappa shape index (κ1) is 13.9. The van der Waals surface area contributed by atoms with Crippen LogP contribution in [0.25, 0.3) is 0 Å². The Morgan fingerprint density at radius 3 is 2.63 bits per heavy atom. The van der Waals surface area contributed by atoms with Gasteiger partial charge in [0, 0.05) is 32.2 Å². The summed E-state index contributed by atoms with van der Waals surface area (Å²) < 4.78 is 7.31. The molecule has 106 valence electrons. The van der Waals surface area contributed by atoms with E-state index >= 15 is 0 Å². The first-order valence-corrected chi connectivity index (χ1v) is 6.69. The van der Waals surface area contributed by atoms with E-state index in [0.717, 1.165) is 26.2 Å². The molecule has 0 aromatic carbocycles. The molecule has 0 spiro atoms. The third-order valence-corrected chi connectivity index (χ3v) is 3.33. The summed E-state index contributed by atoms with van der Waals surface area (Å²) in [5.41, 5.74) is 0. The fourth-order valence-electron chi connectivity index (χ4n) is 1.97. The van der Waals surface area contributed by atoms with E-state index in [1.807, 2.05) is 29.6 Å². The molecular formula is C13H22N4O2. The Bertz CT molecular complexity index is 422. The van der Waals surface area contributed by atoms with Crippen LogP contribution < -0.4 is 4.74 Å². The second kappa shape index (κ2) is 6.06. The summed E-state index contributed by atoms with van der Waals surface area (Å²) >= 11 is 0. The molecule has 1 aliphatic heterocycles. The van der Waals surface area contributed by atoms with Gasteiger partial charge in [0.1, 0.15) is 0 Å². The molecule has 0 radical (unpaired) electrons. The van der Waals surface area contributed by atoms with Crippen molar-refractivity contribution in [3.05, 3.63) is 12.4 Å². The number of hydrogen-bond acceptors (Lipinski definition) is 4. The van der Waals surface area contributed by atoms with E-state index in [2.05, 4.69) is 17.0 Å². The summed E-state index contributed by atoms with van der Waals surface area (Å²) in [5, 5.41) is 4.18. The van der Waals surface area contributed by atoms with Crippen LogP contribution in [-0.4, -0.2) is 65.3 Å². The van der Waals surface area contributed by atoms with Crippen LogP contribution in [-0.2, 0) is 4.79 Å². The van der Waals surface area contributed by atoms with E-state index in [1.54, 1.807) is 6.20 Å². The molecule has 2 heterocycles. The van der Waals surface area contributed by atoms with E-state index in [-0.39, 0.29) is 12.5 Å². The van der Waals surface area contributed by atoms with Gasteiger partial charge in [-0.25, -0.2) is 0 Å². The quantitative estimate of drug-likeness (QED) is 0.801. The highest BCUT2D eigenvalue weighted by Crippen LogP contribution is 2.12. The van der Waals surface area contributed by atoms with Gasteiger partial charge >= 0.3 is 0 Å². The third-order valence-electron chi connectivity index (χ3n) is 3.33. The number of hydrogen-bond donors (Lipinski definition) is 0. The minimum Gasteiger partial charge on any atom is -0.480 e. The molecule has 1 fully saturated rings. The maximum absolute atomic E-state index is 12.0. The molecule has 1 saturated heterocycles. The topological polar surface area (TPSA) is 50.6 Å². The van der Waals surface area contributed by atoms with Gasteiger partial charge in [-0.1, -0.05) is 0 Å². The molecule has 1 aliphatic rings. The number of amides is 1. The van der Waals surface area contributed by atoms with E-state index in [9.17, 15) is 4.79 Å². The van der Waals surface area contributed by atoms with Crippen molar-refractivity contribution in [3.63, 3.8) is 0 Å². The smallest absolute Gasteiger partial charge is 0.260 e. The van der Waals surface area contributed by atoms with Gasteiger partial charge in [0.05, 0.1) is 12.4 Å². The van der Waals surface area contributed by atoms with Crippen LogP contribution in [0.1, 0.15) is 19.9 Å². The van der Waals surface area contributed by atoms with E-state index in [0.29, 0.717) is 11.8 Å². The molecule has 2 rings (SSSR count). The van der Waals surface area contributed by atoms with Gasteiger partial charge in [-0.3, -0.25) is 9.48 Å². The molecule has 0 bridgehead atoms. The monoisotopic (exact) mass is 266 g/mol. The van der Waals surface area contributed by atoms with E-state index < -0.39 is 0 Å². The van der Waals surface area contributed by atoms with Crippen LogP contribution in [0.3, 0.4) is 0 Å². The summed E-state index contributed by atoms with van der Waals surface area (Å²) in [4.78, 5) is 16.0. The average molecular weight is 266 g/mol. The predicted molar refractivity (Wildman–Crippen MR) is 72.2 cm³/mol. The molecule has 1 aromatic rings. The Balaban J connectivity index is 1.79. The molecule has 0 aliphatic carbocycles. The van der Waals surface area contributed by atoms with Crippen molar-refractivity contribution in [2.45, 2.75) is 19.9 Å². The lowest BCUT2D eigenvalue weighted by atomic mass is 10.3. The third kappa shape index (κ3) is 3.70. The van der Waals surface area contributed by atoms with Crippen molar-refractivity contribution in [1.29, 1.82) is 0 Å². The summed E-state index contributed by atoms with van der Waals surface area (Å²) in [6, 6.07) is 0.297. The molecule has 0 atom stereocenters. The lowest BCUT2D eigenvalue weighted by molar-refractivity contribution is -0.134. The van der Waals surface area contributed by atoms with Crippen LogP contribution in [0.4, 0.5) is 0 Å². The number of ether oxygens (including phenoxy) is 1. The minimum absolute atomic E-state index is 0.0467. The molecule has 6 nitrogen and oxygen atoms in total. The van der Waals surface area contributed by atoms with Crippen molar-refractivity contribution < 1.29 is 9.53 Å². The normalized spacial score (nSPS) is 16.9. The Labute approximate surface area is 113 Å². The van der Waals surface area contributed by atoms with Crippen molar-refractivity contribution in [1.82, 2.24) is 19.6 Å². The van der Waals surface area contributed by atoms with Gasteiger partial charge < -0.3 is 14.5 Å². The fourth-order valence-corrected chi connectivity index (χ4v) is 1.97. The van der Waals surface area contributed by atoms with Crippen molar-refractivity contribution in [2.24, 2.45) is 0 Å². The second-order valence-electron chi connectivity index (χ2n) is 5.22. The highest BCUT2D eigenvalue weighted by atomic mass is 16.5. The van der Waals surface area contributed by atoms with Gasteiger partial charge in [-0.15, -0.1) is 0 Å². The zero-order valence-corrected chi connectivity index (χ0v) is 11.9. The van der Waals surface area contributed by atoms with Crippen molar-refractivity contribution in [3.8, 4) is 5.75 Å². The number of piperazine rings is 1. The molecule has 0 N–H and O–H groups in total. The van der Waals surface area contributed by atoms with Crippen LogP contribution in [0.15, 0.2) is 12.4 Å². The fraction of sp³-hybridized carbons (Fsp3) is 0.692. The molecule has 0 unspecified atom stereocenters. The standard InChI is InChI=1S/C13H22N4O2/c1-11(2)17-9-12(8-14-17)19-10-13(18)16-6-4-15(3)5-7-16/h8-9,11H,4-7,10H2,1-3H3. The molecule has 1 amide bonds. The van der Waals surface area contributed by atoms with Crippen LogP contribution in [0, 0.1) is 0 Å². The summed E-state index contributed by atoms with van der Waals surface area (Å²) in [7, 11) is 2.07. The molecule has 1 aromatic heterocycles. The van der Waals surface area contributed by atoms with E-state index in [1.165, 1.54) is 0 Å². The Hall–Kier alpha value is -1.56. The Morgan fingerprint density at radius 1 is 1.37 bits per heavy atom. The average Bonchev–Trinajstić information content (AvgIpc) is 2.86. The number of likely N-dealkylation sites (N-methyl/N-ethyl adjacent to an activating group) is 1. The summed E-state index contributed by atoms with van der Waals surface area (Å²) in [6.07, 6.45) is 3.47. The lowest BCUT2D eigenvalue weighted by Gasteiger charge is -2.32. The predicted octanol–water partition coefficient (Wildman–Crippen LogP) is 0.617. The Kier molecular flexibility index (Phi) is 4.42. The first-order chi connectivity index (χ1) is 9.06. The maximum atomic E-state index is 12.0. The van der Waals surface area contributed by atoms with Gasteiger partial charge in [0.15, 0.2) is 12.4 Å². The second-order valence-corrected chi connectivity index (χ2v) is 5.22. The molecule has 0 saturated carbocycles. The van der Waals surface area contributed by atoms with Crippen molar-refractivity contribution in [2.75, 3.05) is 39.8 Å². The number of nitrogens with zero attached hydrogens (tertiary/aromatic N) is 4. The number of rotatable bonds is 4. The van der Waals surface area contributed by atoms with E-state index in [4.69, 9.17) is 4.74 Å². The van der Waals surface area contributed by atoms with Gasteiger partial charge in [0.25, 0.3) is 5.91 Å². The van der Waals surface area contributed by atoms with Gasteiger partial charge in [-0.2, -0.15) is 5.10 Å². The highest BCUT2D eigenvalue weighted by Gasteiger charge is 2.19. The van der Waals surface area contributed by atoms with Gasteiger partial charge in [-0.05, 0) is 20.9 Å². The molecule has 19 heavy (non-hydrogen) atoms. The maximum Gasteiger partial charge on any atom is 0.260 e. The molecular weight excluding hydrogens is 244 g/mol. The molecule has 6 heteroatoms. The van der Waals surface area contributed by atoms with Crippen LogP contribution in [0.5, 0.6) is 5.75 Å². The van der Waals surface area contributed by atoms with Crippen LogP contribution >= 0.6 is 0 Å². The van der Waals surface area contributed by atoms with Crippen molar-refractivity contribution >= 4 is 5.91 Å². The first-order valence-electron chi connectivity index (χ1n) is 6.69. The zero-order chi connectivity index (χ0) is 13.8. The summed E-state index contributed by atoms with van der Waals surface area (Å²) in [6.45, 7) is 7.60. The number of carbonyl (C=O) groups is 1. The zero-order valence-electron chi connectivity index (χ0n) is 11.9. The lowest BCUT2D eigenvalue weighted by Crippen LogP contribution is -2.48. The highest BCUT2D eigenvalue weighted by molar-refractivity contribution is 5.77. The van der Waals surface area contributed by atoms with Gasteiger partial charge in [0.2, 0.25) is 0 Å². The SMILES string of the molecule is CC(C)n1cc(OCC(=O)N2CCN(C)CC2)cn1. The minimum atomic E-state index is 0.0467. The number of carbonyl (C=O) groups excluding carboxylic acids is 1.